The highest BCUT2D eigenvalue weighted by Gasteiger charge is 2.48. The molecule has 2 atom stereocenters. The number of rotatable bonds is 5. The highest BCUT2D eigenvalue weighted by atomic mass is 14.5. The van der Waals surface area contributed by atoms with Crippen molar-refractivity contribution in [3.8, 4) is 44.5 Å². The van der Waals surface area contributed by atoms with Crippen molar-refractivity contribution in [1.82, 2.24) is 0 Å². The number of hydrogen-bond donors (Lipinski definition) is 0. The molecular weight excluding hydrogens is 757 g/mol. The van der Waals surface area contributed by atoms with Gasteiger partial charge in [0.15, 0.2) is 0 Å². The minimum Gasteiger partial charge on any atom is -0.0619 e. The second-order valence-corrected chi connectivity index (χ2v) is 19.6. The maximum Gasteiger partial charge on any atom is 0.0713 e. The third kappa shape index (κ3) is 5.10. The fraction of sp³-hybridized carbons (Fsp3) is 0.175. The number of fused-ring (bicyclic) bond motifs is 11. The summed E-state index contributed by atoms with van der Waals surface area (Å²) in [4.78, 5) is 0. The molecule has 0 bridgehead atoms. The van der Waals surface area contributed by atoms with E-state index in [4.69, 9.17) is 0 Å². The zero-order valence-corrected chi connectivity index (χ0v) is 37.5. The smallest absolute Gasteiger partial charge is 0.0619 e. The van der Waals surface area contributed by atoms with Crippen LogP contribution in [0.25, 0.3) is 55.3 Å². The Kier molecular flexibility index (Phi) is 8.06. The Morgan fingerprint density at radius 3 is 1.79 bits per heavy atom. The van der Waals surface area contributed by atoms with Gasteiger partial charge in [0.05, 0.1) is 5.41 Å². The number of hydrogen-bond acceptors (Lipinski definition) is 0. The van der Waals surface area contributed by atoms with Crippen LogP contribution in [0.3, 0.4) is 0 Å². The quantitative estimate of drug-likeness (QED) is 0.162. The lowest BCUT2D eigenvalue weighted by atomic mass is 9.66. The van der Waals surface area contributed by atoms with Crippen molar-refractivity contribution in [2.75, 3.05) is 0 Å². The molecule has 0 aromatic heterocycles. The van der Waals surface area contributed by atoms with Gasteiger partial charge in [0.2, 0.25) is 0 Å². The lowest BCUT2D eigenvalue weighted by Gasteiger charge is -2.35. The molecule has 9 aromatic rings. The van der Waals surface area contributed by atoms with Gasteiger partial charge in [-0.25, -0.2) is 0 Å². The van der Waals surface area contributed by atoms with Crippen molar-refractivity contribution >= 4 is 10.8 Å². The Balaban J connectivity index is 1.09. The van der Waals surface area contributed by atoms with Gasteiger partial charge in [-0.05, 0) is 168 Å². The average molecular weight is 809 g/mol. The van der Waals surface area contributed by atoms with E-state index in [0.717, 1.165) is 6.42 Å². The fourth-order valence-electron chi connectivity index (χ4n) is 12.8. The first-order valence-corrected chi connectivity index (χ1v) is 22.8. The molecule has 3 aliphatic carbocycles. The Morgan fingerprint density at radius 2 is 1.02 bits per heavy atom. The van der Waals surface area contributed by atoms with Crippen LogP contribution in [-0.4, -0.2) is 0 Å². The molecule has 0 fully saturated rings. The second-order valence-electron chi connectivity index (χ2n) is 19.6. The Morgan fingerprint density at radius 1 is 0.381 bits per heavy atom. The van der Waals surface area contributed by atoms with E-state index in [1.54, 1.807) is 0 Å². The van der Waals surface area contributed by atoms with Crippen LogP contribution in [-0.2, 0) is 22.7 Å². The monoisotopic (exact) mass is 808 g/mol. The summed E-state index contributed by atoms with van der Waals surface area (Å²) in [5.74, 6) is 0. The largest absolute Gasteiger partial charge is 0.0713 e. The van der Waals surface area contributed by atoms with Gasteiger partial charge in [-0.3, -0.25) is 0 Å². The molecule has 3 aliphatic rings. The first-order chi connectivity index (χ1) is 30.5. The van der Waals surface area contributed by atoms with Crippen LogP contribution in [0.1, 0.15) is 93.1 Å². The third-order valence-corrected chi connectivity index (χ3v) is 15.7. The molecule has 0 heterocycles. The van der Waals surface area contributed by atoms with Gasteiger partial charge < -0.3 is 0 Å². The van der Waals surface area contributed by atoms with E-state index in [0.29, 0.717) is 0 Å². The van der Waals surface area contributed by atoms with Crippen LogP contribution in [0.15, 0.2) is 176 Å². The predicted octanol–water partition coefficient (Wildman–Crippen LogP) is 15.9. The summed E-state index contributed by atoms with van der Waals surface area (Å²) in [6.45, 7) is 16.3. The first kappa shape index (κ1) is 38.0. The van der Waals surface area contributed by atoms with Crippen LogP contribution in [0.2, 0.25) is 0 Å². The summed E-state index contributed by atoms with van der Waals surface area (Å²) in [6.07, 6.45) is 0.906. The summed E-state index contributed by atoms with van der Waals surface area (Å²) in [7, 11) is 0. The van der Waals surface area contributed by atoms with E-state index in [1.165, 1.54) is 128 Å². The Hall–Kier alpha value is -6.76. The maximum atomic E-state index is 2.54. The van der Waals surface area contributed by atoms with Gasteiger partial charge in [0.25, 0.3) is 0 Å². The SMILES string of the molecule is Cc1ccc(C2(c3ccc(C)c(-c4ccc5c(C)cc6c(c5c4)-c4ccccc4C6(C)C)c3)c3ccccc3-c3c(CC4(C)c5ccccc5-c5cccc(C)c54)cccc32)cc1. The predicted molar refractivity (Wildman–Crippen MR) is 265 cm³/mol. The summed E-state index contributed by atoms with van der Waals surface area (Å²) in [5.41, 5.74) is 27.7. The lowest BCUT2D eigenvalue weighted by molar-refractivity contribution is 0.580. The molecule has 0 aliphatic heterocycles. The van der Waals surface area contributed by atoms with E-state index in [-0.39, 0.29) is 10.8 Å². The van der Waals surface area contributed by atoms with Crippen LogP contribution in [0, 0.1) is 27.7 Å². The molecule has 63 heavy (non-hydrogen) atoms. The maximum absolute atomic E-state index is 2.54. The van der Waals surface area contributed by atoms with Gasteiger partial charge in [0.1, 0.15) is 0 Å². The van der Waals surface area contributed by atoms with Crippen LogP contribution >= 0.6 is 0 Å². The van der Waals surface area contributed by atoms with Crippen LogP contribution < -0.4 is 0 Å². The molecule has 9 aromatic carbocycles. The summed E-state index contributed by atoms with van der Waals surface area (Å²) >= 11 is 0. The molecule has 12 rings (SSSR count). The van der Waals surface area contributed by atoms with Crippen molar-refractivity contribution in [1.29, 1.82) is 0 Å². The molecule has 2 unspecified atom stereocenters. The summed E-state index contributed by atoms with van der Waals surface area (Å²) in [6, 6.07) is 67.9. The molecule has 0 amide bonds. The molecule has 0 N–H and O–H groups in total. The number of benzene rings is 9. The Bertz CT molecular complexity index is 3390. The molecular formula is C63H52. The normalized spacial score (nSPS) is 18.4. The van der Waals surface area contributed by atoms with E-state index in [9.17, 15) is 0 Å². The van der Waals surface area contributed by atoms with Crippen molar-refractivity contribution in [3.05, 3.63) is 248 Å². The van der Waals surface area contributed by atoms with Crippen molar-refractivity contribution < 1.29 is 0 Å². The van der Waals surface area contributed by atoms with E-state index < -0.39 is 5.41 Å². The molecule has 0 heteroatoms. The van der Waals surface area contributed by atoms with Gasteiger partial charge in [-0.15, -0.1) is 0 Å². The number of aryl methyl sites for hydroxylation is 4. The minimum atomic E-state index is -0.530. The van der Waals surface area contributed by atoms with E-state index >= 15 is 0 Å². The fourth-order valence-corrected chi connectivity index (χ4v) is 12.8. The standard InChI is InChI=1S/C63H52/c1-38-26-30-44(31-27-38)63(45-32-28-39(2)51(36-45)42-29-33-46-41(4)34-57-59(52(46)35-42)49-19-9-11-22-53(49)61(57,5)6)55-24-13-10-20-50(55)58-43(17-15-25-56(58)63)37-62(7)54-23-12-8-18-47(54)48-21-14-16-40(3)60(48)62/h8-36H,37H2,1-7H3. The highest BCUT2D eigenvalue weighted by Crippen LogP contribution is 2.60. The molecule has 0 spiro atoms. The zero-order chi connectivity index (χ0) is 43.0. The first-order valence-electron chi connectivity index (χ1n) is 22.8. The highest BCUT2D eigenvalue weighted by molar-refractivity contribution is 6.05. The van der Waals surface area contributed by atoms with Crippen molar-refractivity contribution in [2.45, 2.75) is 71.1 Å². The molecule has 0 saturated heterocycles. The second kappa shape index (κ2) is 13.4. The lowest BCUT2D eigenvalue weighted by Crippen LogP contribution is -2.29. The molecule has 0 saturated carbocycles. The van der Waals surface area contributed by atoms with Gasteiger partial charge in [0, 0.05) is 10.8 Å². The minimum absolute atomic E-state index is 0.0555. The van der Waals surface area contributed by atoms with Crippen molar-refractivity contribution in [2.24, 2.45) is 0 Å². The van der Waals surface area contributed by atoms with Crippen molar-refractivity contribution in [3.63, 3.8) is 0 Å². The molecule has 0 nitrogen and oxygen atoms in total. The summed E-state index contributed by atoms with van der Waals surface area (Å²) < 4.78 is 0. The average Bonchev–Trinajstić information content (AvgIpc) is 3.83. The van der Waals surface area contributed by atoms with E-state index in [1.807, 2.05) is 0 Å². The third-order valence-electron chi connectivity index (χ3n) is 15.7. The van der Waals surface area contributed by atoms with Gasteiger partial charge in [-0.2, -0.15) is 0 Å². The summed E-state index contributed by atoms with van der Waals surface area (Å²) in [5, 5.41) is 2.68. The zero-order valence-electron chi connectivity index (χ0n) is 37.5. The Labute approximate surface area is 373 Å². The molecule has 304 valence electrons. The van der Waals surface area contributed by atoms with E-state index in [2.05, 4.69) is 224 Å². The van der Waals surface area contributed by atoms with Crippen LogP contribution in [0.4, 0.5) is 0 Å². The van der Waals surface area contributed by atoms with Crippen LogP contribution in [0.5, 0.6) is 0 Å². The molecule has 0 radical (unpaired) electrons. The van der Waals surface area contributed by atoms with Gasteiger partial charge >= 0.3 is 0 Å². The topological polar surface area (TPSA) is 0 Å². The van der Waals surface area contributed by atoms with Gasteiger partial charge in [-0.1, -0.05) is 190 Å².